The molecule has 8 rings (SSSR count). The van der Waals surface area contributed by atoms with Crippen LogP contribution < -0.4 is 4.90 Å². The SMILES string of the molecule is Cc1ccccc1-c1c(C)cccc1N(c1ccc(-c2ccc3c(c2)C2=C(CCCC2)C3(C)C)cc1)c1cccc(-c2ccccc2)c1. The molecule has 0 saturated carbocycles. The average Bonchev–Trinajstić information content (AvgIpc) is 3.35. The first-order valence-corrected chi connectivity index (χ1v) is 17.5. The van der Waals surface area contributed by atoms with E-state index >= 15 is 0 Å². The highest BCUT2D eigenvalue weighted by Gasteiger charge is 2.38. The van der Waals surface area contributed by atoms with Crippen LogP contribution in [0.25, 0.3) is 39.0 Å². The van der Waals surface area contributed by atoms with Gasteiger partial charge in [0.1, 0.15) is 0 Å². The Hall–Kier alpha value is -5.14. The maximum Gasteiger partial charge on any atom is 0.0542 e. The third-order valence-corrected chi connectivity index (χ3v) is 10.8. The summed E-state index contributed by atoms with van der Waals surface area (Å²) in [5, 5.41) is 0. The number of hydrogen-bond acceptors (Lipinski definition) is 1. The van der Waals surface area contributed by atoms with E-state index < -0.39 is 0 Å². The highest BCUT2D eigenvalue weighted by atomic mass is 15.1. The van der Waals surface area contributed by atoms with E-state index in [1.54, 1.807) is 11.1 Å². The van der Waals surface area contributed by atoms with Gasteiger partial charge in [0.15, 0.2) is 0 Å². The van der Waals surface area contributed by atoms with Gasteiger partial charge < -0.3 is 4.90 Å². The van der Waals surface area contributed by atoms with Crippen LogP contribution in [0.2, 0.25) is 0 Å². The summed E-state index contributed by atoms with van der Waals surface area (Å²) in [5.74, 6) is 0. The summed E-state index contributed by atoms with van der Waals surface area (Å²) in [6, 6.07) is 51.5. The first-order chi connectivity index (χ1) is 23.4. The van der Waals surface area contributed by atoms with Crippen molar-refractivity contribution in [2.75, 3.05) is 4.90 Å². The molecule has 0 N–H and O–H groups in total. The number of nitrogens with zero attached hydrogens (tertiary/aromatic N) is 1. The Morgan fingerprint density at radius 1 is 0.500 bits per heavy atom. The summed E-state index contributed by atoms with van der Waals surface area (Å²) in [5.41, 5.74) is 19.9. The number of anilines is 3. The van der Waals surface area contributed by atoms with E-state index in [-0.39, 0.29) is 5.41 Å². The van der Waals surface area contributed by atoms with Gasteiger partial charge in [0.2, 0.25) is 0 Å². The second kappa shape index (κ2) is 12.1. The molecular formula is C47H43N. The molecule has 0 aliphatic heterocycles. The van der Waals surface area contributed by atoms with Gasteiger partial charge >= 0.3 is 0 Å². The molecule has 0 spiro atoms. The van der Waals surface area contributed by atoms with Crippen LogP contribution in [0, 0.1) is 13.8 Å². The van der Waals surface area contributed by atoms with Crippen molar-refractivity contribution in [1.82, 2.24) is 0 Å². The fourth-order valence-corrected chi connectivity index (χ4v) is 8.30. The van der Waals surface area contributed by atoms with Gasteiger partial charge in [-0.25, -0.2) is 0 Å². The van der Waals surface area contributed by atoms with Gasteiger partial charge in [0, 0.05) is 22.4 Å². The summed E-state index contributed by atoms with van der Waals surface area (Å²) >= 11 is 0. The number of hydrogen-bond donors (Lipinski definition) is 0. The molecule has 0 atom stereocenters. The second-order valence-corrected chi connectivity index (χ2v) is 14.1. The van der Waals surface area contributed by atoms with Gasteiger partial charge in [0.05, 0.1) is 5.69 Å². The lowest BCUT2D eigenvalue weighted by atomic mass is 9.77. The van der Waals surface area contributed by atoms with Gasteiger partial charge in [-0.2, -0.15) is 0 Å². The molecule has 2 aliphatic carbocycles. The van der Waals surface area contributed by atoms with Gasteiger partial charge in [-0.1, -0.05) is 123 Å². The Balaban J connectivity index is 1.25. The van der Waals surface area contributed by atoms with Crippen LogP contribution in [-0.2, 0) is 5.41 Å². The zero-order valence-corrected chi connectivity index (χ0v) is 28.6. The van der Waals surface area contributed by atoms with E-state index in [4.69, 9.17) is 0 Å². The summed E-state index contributed by atoms with van der Waals surface area (Å²) in [6.07, 6.45) is 5.08. The maximum absolute atomic E-state index is 2.47. The number of fused-ring (bicyclic) bond motifs is 2. The third-order valence-electron chi connectivity index (χ3n) is 10.8. The molecule has 0 bridgehead atoms. The Labute approximate surface area is 286 Å². The molecule has 1 nitrogen and oxygen atoms in total. The summed E-state index contributed by atoms with van der Waals surface area (Å²) < 4.78 is 0. The number of aryl methyl sites for hydroxylation is 2. The third kappa shape index (κ3) is 5.19. The molecule has 6 aromatic rings. The molecule has 0 saturated heterocycles. The minimum atomic E-state index is 0.144. The van der Waals surface area contributed by atoms with Crippen molar-refractivity contribution in [1.29, 1.82) is 0 Å². The molecule has 0 fully saturated rings. The van der Waals surface area contributed by atoms with Gasteiger partial charge in [-0.3, -0.25) is 0 Å². The Morgan fingerprint density at radius 2 is 1.15 bits per heavy atom. The van der Waals surface area contributed by atoms with Crippen molar-refractivity contribution < 1.29 is 0 Å². The van der Waals surface area contributed by atoms with Crippen molar-refractivity contribution in [3.8, 4) is 33.4 Å². The molecule has 0 amide bonds. The Morgan fingerprint density at radius 3 is 1.96 bits per heavy atom. The lowest BCUT2D eigenvalue weighted by Crippen LogP contribution is -2.18. The van der Waals surface area contributed by atoms with Crippen molar-refractivity contribution in [2.24, 2.45) is 0 Å². The fraction of sp³-hybridized carbons (Fsp3) is 0.191. The topological polar surface area (TPSA) is 3.24 Å². The zero-order chi connectivity index (χ0) is 32.8. The Kier molecular flexibility index (Phi) is 7.64. The van der Waals surface area contributed by atoms with Crippen LogP contribution in [0.5, 0.6) is 0 Å². The highest BCUT2D eigenvalue weighted by molar-refractivity contribution is 5.92. The molecule has 0 unspecified atom stereocenters. The normalized spacial score (nSPS) is 14.8. The molecule has 6 aromatic carbocycles. The van der Waals surface area contributed by atoms with Crippen LogP contribution in [0.3, 0.4) is 0 Å². The van der Waals surface area contributed by atoms with Crippen molar-refractivity contribution in [3.05, 3.63) is 167 Å². The van der Waals surface area contributed by atoms with Gasteiger partial charge in [-0.05, 0) is 132 Å². The summed E-state index contributed by atoms with van der Waals surface area (Å²) in [6.45, 7) is 9.29. The van der Waals surface area contributed by atoms with E-state index in [9.17, 15) is 0 Å². The first-order valence-electron chi connectivity index (χ1n) is 17.5. The van der Waals surface area contributed by atoms with E-state index in [0.717, 1.165) is 11.4 Å². The van der Waals surface area contributed by atoms with E-state index in [0.29, 0.717) is 0 Å². The predicted molar refractivity (Wildman–Crippen MR) is 205 cm³/mol. The molecule has 0 radical (unpaired) electrons. The van der Waals surface area contributed by atoms with Crippen LogP contribution in [0.15, 0.2) is 145 Å². The smallest absolute Gasteiger partial charge is 0.0542 e. The summed E-state index contributed by atoms with van der Waals surface area (Å²) in [7, 11) is 0. The van der Waals surface area contributed by atoms with E-state index in [2.05, 4.69) is 172 Å². The van der Waals surface area contributed by atoms with Crippen LogP contribution in [0.4, 0.5) is 17.1 Å². The van der Waals surface area contributed by atoms with Crippen LogP contribution >= 0.6 is 0 Å². The van der Waals surface area contributed by atoms with Crippen LogP contribution in [-0.4, -0.2) is 0 Å². The van der Waals surface area contributed by atoms with Crippen molar-refractivity contribution in [2.45, 2.75) is 58.8 Å². The zero-order valence-electron chi connectivity index (χ0n) is 28.6. The lowest BCUT2D eigenvalue weighted by molar-refractivity contribution is 0.574. The fourth-order valence-electron chi connectivity index (χ4n) is 8.30. The molecule has 0 aromatic heterocycles. The number of rotatable bonds is 6. The van der Waals surface area contributed by atoms with Crippen molar-refractivity contribution in [3.63, 3.8) is 0 Å². The number of benzene rings is 6. The quantitative estimate of drug-likeness (QED) is 0.179. The Bertz CT molecular complexity index is 2160. The minimum Gasteiger partial charge on any atom is -0.310 e. The van der Waals surface area contributed by atoms with E-state index in [1.807, 2.05) is 0 Å². The number of allylic oxidation sites excluding steroid dienone is 2. The highest BCUT2D eigenvalue weighted by Crippen LogP contribution is 2.52. The van der Waals surface area contributed by atoms with Crippen LogP contribution in [0.1, 0.15) is 61.8 Å². The molecule has 1 heteroatoms. The molecule has 48 heavy (non-hydrogen) atoms. The maximum atomic E-state index is 2.47. The molecule has 2 aliphatic rings. The molecule has 236 valence electrons. The summed E-state index contributed by atoms with van der Waals surface area (Å²) in [4.78, 5) is 2.44. The monoisotopic (exact) mass is 621 g/mol. The average molecular weight is 622 g/mol. The molecular weight excluding hydrogens is 579 g/mol. The lowest BCUT2D eigenvalue weighted by Gasteiger charge is -2.29. The minimum absolute atomic E-state index is 0.144. The predicted octanol–water partition coefficient (Wildman–Crippen LogP) is 13.4. The second-order valence-electron chi connectivity index (χ2n) is 14.1. The largest absolute Gasteiger partial charge is 0.310 e. The standard InChI is InChI=1S/C47H43N/c1-32-14-8-9-20-40(32)46-33(2)15-12-23-45(46)48(39-19-13-18-36(30-39)34-16-6-5-7-17-34)38-27-24-35(25-28-38)37-26-29-44-42(31-37)41-21-10-11-22-43(41)47(44,3)4/h5-9,12-20,23-31H,10-11,21-22H2,1-4H3. The molecule has 0 heterocycles. The van der Waals surface area contributed by atoms with Gasteiger partial charge in [-0.15, -0.1) is 0 Å². The van der Waals surface area contributed by atoms with Crippen molar-refractivity contribution >= 4 is 22.6 Å². The van der Waals surface area contributed by atoms with Gasteiger partial charge in [0.25, 0.3) is 0 Å². The first kappa shape index (κ1) is 30.2. The van der Waals surface area contributed by atoms with E-state index in [1.165, 1.54) is 87.0 Å².